The highest BCUT2D eigenvalue weighted by molar-refractivity contribution is 7.98. The Morgan fingerprint density at radius 3 is 2.68 bits per heavy atom. The van der Waals surface area contributed by atoms with Crippen LogP contribution in [0.15, 0.2) is 58.3 Å². The predicted molar refractivity (Wildman–Crippen MR) is 123 cm³/mol. The SMILES string of the molecule is O=C(c1ccc(SCc2cscn2)cc1)N(Cc1ccc2c(c1)OCO2)C1CCCC1. The Bertz CT molecular complexity index is 1030. The molecule has 3 aromatic rings. The summed E-state index contributed by atoms with van der Waals surface area (Å²) in [6, 6.07) is 14.2. The molecule has 1 amide bonds. The van der Waals surface area contributed by atoms with Crippen LogP contribution in [0.1, 0.15) is 47.3 Å². The quantitative estimate of drug-likeness (QED) is 0.427. The van der Waals surface area contributed by atoms with Crippen molar-refractivity contribution in [1.82, 2.24) is 9.88 Å². The molecule has 31 heavy (non-hydrogen) atoms. The average molecular weight is 453 g/mol. The Labute approximate surface area is 190 Å². The Hall–Kier alpha value is -2.51. The van der Waals surface area contributed by atoms with Crippen LogP contribution in [0.25, 0.3) is 0 Å². The molecular weight excluding hydrogens is 428 g/mol. The van der Waals surface area contributed by atoms with Gasteiger partial charge in [-0.15, -0.1) is 23.1 Å². The zero-order valence-corrected chi connectivity index (χ0v) is 18.8. The van der Waals surface area contributed by atoms with Gasteiger partial charge in [0.2, 0.25) is 6.79 Å². The summed E-state index contributed by atoms with van der Waals surface area (Å²) in [5, 5.41) is 2.07. The molecule has 7 heteroatoms. The van der Waals surface area contributed by atoms with Crippen LogP contribution in [-0.4, -0.2) is 28.6 Å². The summed E-state index contributed by atoms with van der Waals surface area (Å²) in [7, 11) is 0. The number of hydrogen-bond acceptors (Lipinski definition) is 6. The summed E-state index contributed by atoms with van der Waals surface area (Å²) < 4.78 is 10.9. The molecule has 0 atom stereocenters. The third kappa shape index (κ3) is 4.72. The van der Waals surface area contributed by atoms with Crippen molar-refractivity contribution in [3.05, 3.63) is 70.2 Å². The first-order valence-electron chi connectivity index (χ1n) is 10.6. The molecular formula is C24H24N2O3S2. The van der Waals surface area contributed by atoms with E-state index < -0.39 is 0 Å². The van der Waals surface area contributed by atoms with Gasteiger partial charge in [-0.3, -0.25) is 4.79 Å². The van der Waals surface area contributed by atoms with Crippen molar-refractivity contribution in [2.75, 3.05) is 6.79 Å². The normalized spacial score (nSPS) is 15.4. The summed E-state index contributed by atoms with van der Waals surface area (Å²) in [6.07, 6.45) is 4.50. The molecule has 2 aromatic carbocycles. The molecule has 1 aliphatic carbocycles. The molecule has 0 bridgehead atoms. The predicted octanol–water partition coefficient (Wildman–Crippen LogP) is 5.75. The third-order valence-electron chi connectivity index (χ3n) is 5.79. The van der Waals surface area contributed by atoms with Gasteiger partial charge in [-0.05, 0) is 54.8 Å². The molecule has 1 fully saturated rings. The highest BCUT2D eigenvalue weighted by Gasteiger charge is 2.28. The highest BCUT2D eigenvalue weighted by Crippen LogP contribution is 2.34. The molecule has 0 unspecified atom stereocenters. The number of rotatable bonds is 7. The minimum absolute atomic E-state index is 0.0978. The van der Waals surface area contributed by atoms with Crippen LogP contribution in [0.3, 0.4) is 0 Å². The van der Waals surface area contributed by atoms with Gasteiger partial charge in [-0.1, -0.05) is 18.9 Å². The van der Waals surface area contributed by atoms with Gasteiger partial charge in [-0.2, -0.15) is 0 Å². The van der Waals surface area contributed by atoms with E-state index >= 15 is 0 Å². The lowest BCUT2D eigenvalue weighted by atomic mass is 10.1. The van der Waals surface area contributed by atoms with Crippen LogP contribution in [0.2, 0.25) is 0 Å². The topological polar surface area (TPSA) is 51.7 Å². The smallest absolute Gasteiger partial charge is 0.254 e. The van der Waals surface area contributed by atoms with Crippen LogP contribution in [0.5, 0.6) is 11.5 Å². The minimum atomic E-state index is 0.0978. The summed E-state index contributed by atoms with van der Waals surface area (Å²) in [4.78, 5) is 21.0. The van der Waals surface area contributed by atoms with E-state index in [1.807, 2.05) is 52.9 Å². The molecule has 5 rings (SSSR count). The number of fused-ring (bicyclic) bond motifs is 1. The van der Waals surface area contributed by atoms with E-state index in [-0.39, 0.29) is 18.7 Å². The molecule has 0 spiro atoms. The molecule has 2 aliphatic rings. The third-order valence-corrected chi connectivity index (χ3v) is 7.47. The first-order valence-corrected chi connectivity index (χ1v) is 12.5. The number of amides is 1. The van der Waals surface area contributed by atoms with Crippen molar-refractivity contribution in [2.45, 2.75) is 48.9 Å². The first kappa shape index (κ1) is 20.4. The molecule has 5 nitrogen and oxygen atoms in total. The van der Waals surface area contributed by atoms with Crippen LogP contribution < -0.4 is 9.47 Å². The van der Waals surface area contributed by atoms with E-state index in [1.54, 1.807) is 23.1 Å². The first-order chi connectivity index (χ1) is 15.3. The van der Waals surface area contributed by atoms with E-state index in [4.69, 9.17) is 9.47 Å². The molecule has 1 saturated carbocycles. The number of benzene rings is 2. The number of hydrogen-bond donors (Lipinski definition) is 0. The van der Waals surface area contributed by atoms with E-state index in [1.165, 1.54) is 12.8 Å². The number of ether oxygens (including phenoxy) is 2. The maximum absolute atomic E-state index is 13.5. The molecule has 160 valence electrons. The van der Waals surface area contributed by atoms with Crippen molar-refractivity contribution in [1.29, 1.82) is 0 Å². The summed E-state index contributed by atoms with van der Waals surface area (Å²) >= 11 is 3.35. The lowest BCUT2D eigenvalue weighted by molar-refractivity contribution is 0.0664. The Kier molecular flexibility index (Phi) is 6.13. The van der Waals surface area contributed by atoms with E-state index in [0.717, 1.165) is 51.8 Å². The number of thiazole rings is 1. The van der Waals surface area contributed by atoms with E-state index in [9.17, 15) is 4.79 Å². The van der Waals surface area contributed by atoms with E-state index in [0.29, 0.717) is 6.54 Å². The van der Waals surface area contributed by atoms with Gasteiger partial charge in [0.05, 0.1) is 11.2 Å². The zero-order valence-electron chi connectivity index (χ0n) is 17.2. The lowest BCUT2D eigenvalue weighted by Crippen LogP contribution is -2.38. The number of carbonyl (C=O) groups is 1. The van der Waals surface area contributed by atoms with Crippen LogP contribution in [0.4, 0.5) is 0 Å². The molecule has 0 saturated heterocycles. The molecule has 1 aliphatic heterocycles. The largest absolute Gasteiger partial charge is 0.454 e. The van der Waals surface area contributed by atoms with Gasteiger partial charge >= 0.3 is 0 Å². The van der Waals surface area contributed by atoms with Gasteiger partial charge in [-0.25, -0.2) is 4.98 Å². The van der Waals surface area contributed by atoms with Crippen LogP contribution in [0, 0.1) is 0 Å². The summed E-state index contributed by atoms with van der Waals surface area (Å²) in [5.74, 6) is 2.47. The summed E-state index contributed by atoms with van der Waals surface area (Å²) in [6.45, 7) is 0.845. The summed E-state index contributed by atoms with van der Waals surface area (Å²) in [5.41, 5.74) is 4.76. The van der Waals surface area contributed by atoms with Gasteiger partial charge < -0.3 is 14.4 Å². The average Bonchev–Trinajstić information content (AvgIpc) is 3.58. The standard InChI is InChI=1S/C24H24N2O3S2/c27-24(18-6-8-21(9-7-18)31-14-19-13-30-15-25-19)26(20-3-1-2-4-20)12-17-5-10-22-23(11-17)29-16-28-22/h5-11,13,15,20H,1-4,12,14,16H2. The molecule has 0 N–H and O–H groups in total. The van der Waals surface area contributed by atoms with Crippen molar-refractivity contribution < 1.29 is 14.3 Å². The highest BCUT2D eigenvalue weighted by atomic mass is 32.2. The maximum atomic E-state index is 13.5. The number of thioether (sulfide) groups is 1. The fourth-order valence-electron chi connectivity index (χ4n) is 4.14. The second-order valence-corrected chi connectivity index (χ2v) is 9.62. The Morgan fingerprint density at radius 1 is 1.10 bits per heavy atom. The fraction of sp³-hybridized carbons (Fsp3) is 0.333. The Balaban J connectivity index is 1.30. The molecule has 2 heterocycles. The van der Waals surface area contributed by atoms with Crippen LogP contribution in [-0.2, 0) is 12.3 Å². The minimum Gasteiger partial charge on any atom is -0.454 e. The second-order valence-electron chi connectivity index (χ2n) is 7.85. The maximum Gasteiger partial charge on any atom is 0.254 e. The van der Waals surface area contributed by atoms with Crippen molar-refractivity contribution in [3.8, 4) is 11.5 Å². The fourth-order valence-corrected chi connectivity index (χ4v) is 5.61. The number of nitrogens with zero attached hydrogens (tertiary/aromatic N) is 2. The monoisotopic (exact) mass is 452 g/mol. The van der Waals surface area contributed by atoms with Crippen LogP contribution >= 0.6 is 23.1 Å². The van der Waals surface area contributed by atoms with Gasteiger partial charge in [0.25, 0.3) is 5.91 Å². The number of carbonyl (C=O) groups excluding carboxylic acids is 1. The zero-order chi connectivity index (χ0) is 21.0. The van der Waals surface area contributed by atoms with Crippen molar-refractivity contribution >= 4 is 29.0 Å². The van der Waals surface area contributed by atoms with E-state index in [2.05, 4.69) is 10.4 Å². The van der Waals surface area contributed by atoms with Gasteiger partial charge in [0.1, 0.15) is 0 Å². The van der Waals surface area contributed by atoms with Crippen molar-refractivity contribution in [3.63, 3.8) is 0 Å². The molecule has 1 aromatic heterocycles. The van der Waals surface area contributed by atoms with Gasteiger partial charge in [0.15, 0.2) is 11.5 Å². The Morgan fingerprint density at radius 2 is 1.90 bits per heavy atom. The second kappa shape index (κ2) is 9.32. The van der Waals surface area contributed by atoms with Gasteiger partial charge in [0, 0.05) is 34.2 Å². The molecule has 0 radical (unpaired) electrons. The number of aromatic nitrogens is 1. The lowest BCUT2D eigenvalue weighted by Gasteiger charge is -2.29. The van der Waals surface area contributed by atoms with Crippen molar-refractivity contribution in [2.24, 2.45) is 0 Å².